The topological polar surface area (TPSA) is 154 Å². The number of alkyl halides is 3. The largest absolute Gasteiger partial charge is 0.434 e. The molecule has 4 heterocycles. The number of anilines is 1. The summed E-state index contributed by atoms with van der Waals surface area (Å²) in [6.45, 7) is 5.03. The lowest BCUT2D eigenvalue weighted by Gasteiger charge is -2.11. The van der Waals surface area contributed by atoms with Gasteiger partial charge in [-0.3, -0.25) is 10.3 Å². The van der Waals surface area contributed by atoms with Gasteiger partial charge in [-0.2, -0.15) is 13.2 Å². The lowest BCUT2D eigenvalue weighted by Crippen LogP contribution is -2.28. The molecule has 0 radical (unpaired) electrons. The quantitative estimate of drug-likeness (QED) is 0.247. The van der Waals surface area contributed by atoms with Gasteiger partial charge in [-0.1, -0.05) is 0 Å². The van der Waals surface area contributed by atoms with E-state index in [0.717, 1.165) is 16.7 Å². The first-order chi connectivity index (χ1) is 18.8. The van der Waals surface area contributed by atoms with Crippen LogP contribution < -0.4 is 16.4 Å². The number of aromatic nitrogens is 5. The van der Waals surface area contributed by atoms with Crippen LogP contribution in [-0.4, -0.2) is 58.0 Å². The highest BCUT2D eigenvalue weighted by atomic mass is 32.1. The maximum Gasteiger partial charge on any atom is 0.434 e. The van der Waals surface area contributed by atoms with Crippen molar-refractivity contribution in [1.82, 2.24) is 30.5 Å². The average molecular weight is 565 g/mol. The molecule has 0 unspecified atom stereocenters. The summed E-state index contributed by atoms with van der Waals surface area (Å²) >= 11 is 0.834. The van der Waals surface area contributed by atoms with Gasteiger partial charge in [0.25, 0.3) is 5.89 Å². The number of urea groups is 1. The number of rotatable bonds is 9. The molecule has 39 heavy (non-hydrogen) atoms. The van der Waals surface area contributed by atoms with Gasteiger partial charge >= 0.3 is 12.2 Å². The van der Waals surface area contributed by atoms with E-state index in [9.17, 15) is 18.0 Å². The summed E-state index contributed by atoms with van der Waals surface area (Å²) < 4.78 is 50.7. The average Bonchev–Trinajstić information content (AvgIpc) is 3.61. The molecule has 208 valence electrons. The zero-order valence-corrected chi connectivity index (χ0v) is 22.2. The molecular formula is C24H27F3N8O3S. The molecule has 0 spiro atoms. The number of nitrogens with two attached hydrogens (primary N) is 1. The summed E-state index contributed by atoms with van der Waals surface area (Å²) in [7, 11) is 1.50. The molecule has 0 bridgehead atoms. The predicted molar refractivity (Wildman–Crippen MR) is 140 cm³/mol. The minimum absolute atomic E-state index is 0.109. The van der Waals surface area contributed by atoms with E-state index in [4.69, 9.17) is 9.15 Å². The summed E-state index contributed by atoms with van der Waals surface area (Å²) in [5, 5.41) is 14.2. The van der Waals surface area contributed by atoms with Gasteiger partial charge in [-0.25, -0.2) is 14.8 Å². The Morgan fingerprint density at radius 1 is 1.15 bits per heavy atom. The van der Waals surface area contributed by atoms with E-state index < -0.39 is 17.9 Å². The molecule has 4 aromatic rings. The lowest BCUT2D eigenvalue weighted by molar-refractivity contribution is -0.140. The number of nitrogens with one attached hydrogen (secondary N) is 2. The van der Waals surface area contributed by atoms with E-state index in [-0.39, 0.29) is 16.7 Å². The minimum Gasteiger partial charge on any atom is -0.419 e. The molecule has 11 nitrogen and oxygen atoms in total. The second-order valence-corrected chi connectivity index (χ2v) is 8.37. The molecule has 15 heteroatoms. The maximum atomic E-state index is 13.2. The Labute approximate surface area is 226 Å². The molecule has 0 aliphatic heterocycles. The van der Waals surface area contributed by atoms with Crippen molar-refractivity contribution in [3.05, 3.63) is 47.6 Å². The molecule has 0 aromatic carbocycles. The molecular weight excluding hydrogens is 537 g/mol. The van der Waals surface area contributed by atoms with Crippen molar-refractivity contribution in [2.24, 2.45) is 5.73 Å². The van der Waals surface area contributed by atoms with Gasteiger partial charge in [0.1, 0.15) is 16.5 Å². The van der Waals surface area contributed by atoms with E-state index in [2.05, 4.69) is 41.5 Å². The molecule has 2 amide bonds. The van der Waals surface area contributed by atoms with Crippen molar-refractivity contribution in [1.29, 1.82) is 0 Å². The third kappa shape index (κ3) is 7.78. The molecule has 0 atom stereocenters. The van der Waals surface area contributed by atoms with Gasteiger partial charge in [-0.15, -0.1) is 21.5 Å². The number of nitrogens with zero attached hydrogens (tertiary/aromatic N) is 5. The SMILES string of the molecule is CCNC(=O)Nc1cc(-c2nc(C(F)(F)F)cs2)c(-c2ccnc(-c3nnc(CCOCC)o3)c2)cn1.CN. The van der Waals surface area contributed by atoms with Crippen LogP contribution in [0.1, 0.15) is 25.4 Å². The molecule has 0 saturated heterocycles. The van der Waals surface area contributed by atoms with Crippen molar-refractivity contribution in [2.75, 3.05) is 32.1 Å². The van der Waals surface area contributed by atoms with Crippen LogP contribution in [0.4, 0.5) is 23.8 Å². The normalized spacial score (nSPS) is 11.1. The molecule has 0 saturated carbocycles. The Bertz CT molecular complexity index is 1380. The Hall–Kier alpha value is -3.95. The maximum absolute atomic E-state index is 13.2. The number of pyridine rings is 2. The van der Waals surface area contributed by atoms with Crippen LogP contribution in [0.2, 0.25) is 0 Å². The number of ether oxygens (including phenoxy) is 1. The number of carbonyl (C=O) groups is 1. The van der Waals surface area contributed by atoms with Crippen molar-refractivity contribution in [3.63, 3.8) is 0 Å². The van der Waals surface area contributed by atoms with Gasteiger partial charge in [0.15, 0.2) is 5.69 Å². The first-order valence-corrected chi connectivity index (χ1v) is 12.7. The standard InChI is InChI=1S/C23H22F3N7O3S.CH5N/c1-3-27-22(34)31-18-10-14(21-30-17(12-37-21)23(24,25)26)15(11-29-18)13-5-7-28-16(9-13)20-33-32-19(36-20)6-8-35-4-2;1-2/h5,7,9-12H,3-4,6,8H2,1-2H3,(H2,27,29,31,34);2H2,1H3. The Morgan fingerprint density at radius 3 is 2.64 bits per heavy atom. The van der Waals surface area contributed by atoms with E-state index in [1.165, 1.54) is 25.5 Å². The van der Waals surface area contributed by atoms with Crippen molar-refractivity contribution in [2.45, 2.75) is 26.4 Å². The molecule has 4 rings (SSSR count). The number of thiazole rings is 1. The number of amides is 2. The van der Waals surface area contributed by atoms with E-state index in [0.29, 0.717) is 54.5 Å². The molecule has 0 aliphatic carbocycles. The Balaban J connectivity index is 0.00000205. The second kappa shape index (κ2) is 13.7. The van der Waals surface area contributed by atoms with Crippen LogP contribution in [0.5, 0.6) is 0 Å². The van der Waals surface area contributed by atoms with E-state index in [1.807, 2.05) is 6.92 Å². The van der Waals surface area contributed by atoms with Gasteiger partial charge in [-0.05, 0) is 44.7 Å². The smallest absolute Gasteiger partial charge is 0.419 e. The fraction of sp³-hybridized carbons (Fsp3) is 0.333. The van der Waals surface area contributed by atoms with Crippen LogP contribution in [0.3, 0.4) is 0 Å². The van der Waals surface area contributed by atoms with Gasteiger partial charge in [0, 0.05) is 48.5 Å². The summed E-state index contributed by atoms with van der Waals surface area (Å²) in [4.78, 5) is 24.3. The lowest BCUT2D eigenvalue weighted by atomic mass is 10.0. The predicted octanol–water partition coefficient (Wildman–Crippen LogP) is 4.63. The second-order valence-electron chi connectivity index (χ2n) is 7.51. The van der Waals surface area contributed by atoms with Crippen LogP contribution in [0.15, 0.2) is 40.4 Å². The molecule has 0 fully saturated rings. The molecule has 4 aromatic heterocycles. The third-order valence-electron chi connectivity index (χ3n) is 4.93. The summed E-state index contributed by atoms with van der Waals surface area (Å²) in [5.41, 5.74) is 5.27. The number of hydrogen-bond donors (Lipinski definition) is 3. The van der Waals surface area contributed by atoms with Crippen LogP contribution >= 0.6 is 11.3 Å². The zero-order chi connectivity index (χ0) is 28.4. The summed E-state index contributed by atoms with van der Waals surface area (Å²) in [6.07, 6.45) is -1.18. The highest BCUT2D eigenvalue weighted by Gasteiger charge is 2.34. The fourth-order valence-corrected chi connectivity index (χ4v) is 4.11. The summed E-state index contributed by atoms with van der Waals surface area (Å²) in [6, 6.07) is 4.31. The molecule has 0 aliphatic rings. The monoisotopic (exact) mass is 564 g/mol. The summed E-state index contributed by atoms with van der Waals surface area (Å²) in [5.74, 6) is 0.728. The van der Waals surface area contributed by atoms with Gasteiger partial charge in [0.2, 0.25) is 5.89 Å². The van der Waals surface area contributed by atoms with Crippen LogP contribution in [-0.2, 0) is 17.3 Å². The van der Waals surface area contributed by atoms with Crippen LogP contribution in [0.25, 0.3) is 33.3 Å². The van der Waals surface area contributed by atoms with E-state index in [1.54, 1.807) is 19.1 Å². The first-order valence-electron chi connectivity index (χ1n) is 11.8. The number of carbonyl (C=O) groups excluding carboxylic acids is 1. The van der Waals surface area contributed by atoms with Gasteiger partial charge in [0.05, 0.1) is 6.61 Å². The first kappa shape index (κ1) is 29.6. The van der Waals surface area contributed by atoms with Crippen LogP contribution in [0, 0.1) is 0 Å². The highest BCUT2D eigenvalue weighted by Crippen LogP contribution is 2.38. The Morgan fingerprint density at radius 2 is 1.95 bits per heavy atom. The number of hydrogen-bond acceptors (Lipinski definition) is 10. The van der Waals surface area contributed by atoms with E-state index >= 15 is 0 Å². The fourth-order valence-electron chi connectivity index (χ4n) is 3.26. The van der Waals surface area contributed by atoms with Crippen molar-refractivity contribution in [3.8, 4) is 33.3 Å². The third-order valence-corrected chi connectivity index (χ3v) is 5.80. The minimum atomic E-state index is -4.59. The number of halogens is 3. The zero-order valence-electron chi connectivity index (χ0n) is 21.4. The highest BCUT2D eigenvalue weighted by molar-refractivity contribution is 7.13. The van der Waals surface area contributed by atoms with Crippen molar-refractivity contribution >= 4 is 23.2 Å². The molecule has 4 N–H and O–H groups in total. The Kier molecular flexibility index (Phi) is 10.4. The van der Waals surface area contributed by atoms with Gasteiger partial charge < -0.3 is 20.2 Å². The van der Waals surface area contributed by atoms with Crippen molar-refractivity contribution < 1.29 is 27.1 Å².